The lowest BCUT2D eigenvalue weighted by Gasteiger charge is -2.43. The second kappa shape index (κ2) is 7.42. The first-order valence-corrected chi connectivity index (χ1v) is 10.2. The van der Waals surface area contributed by atoms with Gasteiger partial charge in [0.15, 0.2) is 5.82 Å². The van der Waals surface area contributed by atoms with Gasteiger partial charge in [-0.1, -0.05) is 12.1 Å². The number of phenols is 1. The van der Waals surface area contributed by atoms with Crippen molar-refractivity contribution < 1.29 is 9.90 Å². The highest BCUT2D eigenvalue weighted by Crippen LogP contribution is 2.38. The number of nitrogens with zero attached hydrogens (tertiary/aromatic N) is 5. The first-order chi connectivity index (χ1) is 15.0. The van der Waals surface area contributed by atoms with Gasteiger partial charge in [-0.2, -0.15) is 0 Å². The molecule has 3 aromatic rings. The van der Waals surface area contributed by atoms with Crippen LogP contribution in [0.2, 0.25) is 0 Å². The number of anilines is 3. The highest BCUT2D eigenvalue weighted by Gasteiger charge is 2.40. The maximum atomic E-state index is 11.3. The number of pyridine rings is 1. The van der Waals surface area contributed by atoms with E-state index in [9.17, 15) is 9.90 Å². The fraction of sp³-hybridized carbons (Fsp3) is 0.273. The number of carbonyl (C=O) groups is 1. The Morgan fingerprint density at radius 2 is 1.81 bits per heavy atom. The van der Waals surface area contributed by atoms with E-state index < -0.39 is 5.91 Å². The maximum absolute atomic E-state index is 11.3. The smallest absolute Gasteiger partial charge is 0.267 e. The Morgan fingerprint density at radius 3 is 2.45 bits per heavy atom. The van der Waals surface area contributed by atoms with E-state index in [1.807, 2.05) is 24.3 Å². The zero-order valence-electron chi connectivity index (χ0n) is 16.8. The summed E-state index contributed by atoms with van der Waals surface area (Å²) in [7, 11) is 0. The first kappa shape index (κ1) is 19.1. The number of phenolic OH excluding ortho intramolecular Hbond substituents is 1. The second-order valence-electron chi connectivity index (χ2n) is 7.98. The Labute approximate surface area is 179 Å². The molecule has 9 nitrogen and oxygen atoms in total. The van der Waals surface area contributed by atoms with E-state index in [2.05, 4.69) is 25.0 Å². The largest absolute Gasteiger partial charge is 0.507 e. The first-order valence-electron chi connectivity index (χ1n) is 10.2. The van der Waals surface area contributed by atoms with Crippen molar-refractivity contribution in [2.24, 2.45) is 5.73 Å². The summed E-state index contributed by atoms with van der Waals surface area (Å²) in [6.45, 7) is 1.56. The van der Waals surface area contributed by atoms with Crippen LogP contribution in [0, 0.1) is 0 Å². The summed E-state index contributed by atoms with van der Waals surface area (Å²) < 4.78 is 0. The number of hydrogen-bond donors (Lipinski definition) is 3. The highest BCUT2D eigenvalue weighted by molar-refractivity contribution is 5.90. The molecule has 0 spiro atoms. The Bertz CT molecular complexity index is 1120. The number of amides is 1. The predicted octanol–water partition coefficient (Wildman–Crippen LogP) is 1.78. The van der Waals surface area contributed by atoms with Crippen molar-refractivity contribution >= 4 is 23.1 Å². The molecule has 0 radical (unpaired) electrons. The molecule has 2 aliphatic rings. The average Bonchev–Trinajstić information content (AvgIpc) is 3.04. The van der Waals surface area contributed by atoms with Gasteiger partial charge < -0.3 is 26.4 Å². The van der Waals surface area contributed by atoms with Crippen molar-refractivity contribution in [2.45, 2.75) is 24.9 Å². The minimum Gasteiger partial charge on any atom is -0.507 e. The minimum atomic E-state index is -0.528. The molecule has 0 aliphatic carbocycles. The molecule has 2 aliphatic heterocycles. The van der Waals surface area contributed by atoms with Crippen LogP contribution >= 0.6 is 0 Å². The number of nitrogens with two attached hydrogens (primary N) is 2. The van der Waals surface area contributed by atoms with Crippen molar-refractivity contribution in [2.75, 3.05) is 28.6 Å². The molecule has 2 bridgehead atoms. The van der Waals surface area contributed by atoms with Gasteiger partial charge in [0, 0.05) is 30.7 Å². The van der Waals surface area contributed by atoms with Crippen molar-refractivity contribution in [3.63, 3.8) is 0 Å². The van der Waals surface area contributed by atoms with E-state index in [1.165, 1.54) is 0 Å². The molecule has 5 rings (SSSR count). The summed E-state index contributed by atoms with van der Waals surface area (Å²) in [5, 5.41) is 18.5. The standard InChI is InChI=1S/C22H23N7O2/c23-21-19(9-18(26-27-21)16-3-1-2-4-20(16)30)28-11-14-5-6-15(12-28)29(14)13-7-8-17(22(24)31)25-10-13/h1-4,7-10,14-15,30H,5-6,11-12H2,(H2,23,27)(H2,24,31). The predicted molar refractivity (Wildman–Crippen MR) is 118 cm³/mol. The third kappa shape index (κ3) is 3.37. The number of aromatic hydroxyl groups is 1. The van der Waals surface area contributed by atoms with E-state index in [1.54, 1.807) is 24.4 Å². The zero-order valence-corrected chi connectivity index (χ0v) is 16.8. The second-order valence-corrected chi connectivity index (χ2v) is 7.98. The summed E-state index contributed by atoms with van der Waals surface area (Å²) >= 11 is 0. The van der Waals surface area contributed by atoms with Gasteiger partial charge >= 0.3 is 0 Å². The number of aromatic nitrogens is 3. The van der Waals surface area contributed by atoms with Crippen molar-refractivity contribution in [3.05, 3.63) is 54.4 Å². The van der Waals surface area contributed by atoms with Crippen LogP contribution in [-0.4, -0.2) is 51.4 Å². The Hall–Kier alpha value is -3.88. The number of fused-ring (bicyclic) bond motifs is 2. The molecular weight excluding hydrogens is 394 g/mol. The van der Waals surface area contributed by atoms with E-state index in [-0.39, 0.29) is 11.4 Å². The van der Waals surface area contributed by atoms with E-state index in [4.69, 9.17) is 11.5 Å². The molecule has 31 heavy (non-hydrogen) atoms. The lowest BCUT2D eigenvalue weighted by atomic mass is 10.1. The Kier molecular flexibility index (Phi) is 4.58. The number of hydrogen-bond acceptors (Lipinski definition) is 8. The van der Waals surface area contributed by atoms with Crippen molar-refractivity contribution in [3.8, 4) is 17.0 Å². The molecule has 9 heteroatoms. The van der Waals surface area contributed by atoms with Gasteiger partial charge in [0.1, 0.15) is 11.4 Å². The van der Waals surface area contributed by atoms with E-state index >= 15 is 0 Å². The van der Waals surface area contributed by atoms with Crippen LogP contribution in [0.5, 0.6) is 5.75 Å². The molecule has 0 saturated carbocycles. The SMILES string of the molecule is NC(=O)c1ccc(N2C3CCC2CN(c2cc(-c4ccccc4O)nnc2N)C3)cn1. The number of rotatable bonds is 4. The number of para-hydroxylation sites is 1. The highest BCUT2D eigenvalue weighted by atomic mass is 16.3. The van der Waals surface area contributed by atoms with Gasteiger partial charge in [-0.3, -0.25) is 4.79 Å². The summed E-state index contributed by atoms with van der Waals surface area (Å²) in [6.07, 6.45) is 3.84. The normalized spacial score (nSPS) is 20.1. The molecule has 4 heterocycles. The van der Waals surface area contributed by atoms with Crippen LogP contribution in [0.25, 0.3) is 11.3 Å². The monoisotopic (exact) mass is 417 g/mol. The van der Waals surface area contributed by atoms with E-state index in [0.717, 1.165) is 37.3 Å². The third-order valence-corrected chi connectivity index (χ3v) is 6.10. The fourth-order valence-corrected chi connectivity index (χ4v) is 4.67. The van der Waals surface area contributed by atoms with Crippen LogP contribution in [0.3, 0.4) is 0 Å². The molecule has 2 unspecified atom stereocenters. The molecular formula is C22H23N7O2. The number of nitrogen functional groups attached to an aromatic ring is 1. The van der Waals surface area contributed by atoms with Crippen molar-refractivity contribution in [1.82, 2.24) is 15.2 Å². The van der Waals surface area contributed by atoms with Gasteiger partial charge in [0.2, 0.25) is 0 Å². The quantitative estimate of drug-likeness (QED) is 0.585. The van der Waals surface area contributed by atoms with Crippen LogP contribution in [0.4, 0.5) is 17.2 Å². The molecule has 2 aromatic heterocycles. The summed E-state index contributed by atoms with van der Waals surface area (Å²) in [4.78, 5) is 20.1. The van der Waals surface area contributed by atoms with Gasteiger partial charge in [0.25, 0.3) is 5.91 Å². The zero-order chi connectivity index (χ0) is 21.5. The average molecular weight is 417 g/mol. The van der Waals surface area contributed by atoms with Crippen molar-refractivity contribution in [1.29, 1.82) is 0 Å². The molecule has 2 saturated heterocycles. The summed E-state index contributed by atoms with van der Waals surface area (Å²) in [5.41, 5.74) is 14.8. The number of benzene rings is 1. The topological polar surface area (TPSA) is 134 Å². The molecule has 1 aromatic carbocycles. The Morgan fingerprint density at radius 1 is 1.06 bits per heavy atom. The maximum Gasteiger partial charge on any atom is 0.267 e. The summed E-state index contributed by atoms with van der Waals surface area (Å²) in [6, 6.07) is 13.1. The number of piperazine rings is 1. The lowest BCUT2D eigenvalue weighted by Crippen LogP contribution is -2.54. The lowest BCUT2D eigenvalue weighted by molar-refractivity contribution is 0.0995. The number of primary amides is 1. The van der Waals surface area contributed by atoms with Gasteiger partial charge in [-0.05, 0) is 43.2 Å². The van der Waals surface area contributed by atoms with Crippen LogP contribution in [0.1, 0.15) is 23.3 Å². The molecule has 1 amide bonds. The van der Waals surface area contributed by atoms with Gasteiger partial charge in [-0.15, -0.1) is 10.2 Å². The van der Waals surface area contributed by atoms with Crippen LogP contribution < -0.4 is 21.3 Å². The van der Waals surface area contributed by atoms with Crippen LogP contribution in [0.15, 0.2) is 48.7 Å². The molecule has 2 fully saturated rings. The molecule has 2 atom stereocenters. The van der Waals surface area contributed by atoms with Crippen LogP contribution in [-0.2, 0) is 0 Å². The third-order valence-electron chi connectivity index (χ3n) is 6.10. The van der Waals surface area contributed by atoms with Gasteiger partial charge in [-0.25, -0.2) is 4.98 Å². The van der Waals surface area contributed by atoms with E-state index in [0.29, 0.717) is 29.2 Å². The Balaban J connectivity index is 1.41. The molecule has 5 N–H and O–H groups in total. The fourth-order valence-electron chi connectivity index (χ4n) is 4.67. The summed E-state index contributed by atoms with van der Waals surface area (Å²) in [5.74, 6) is 0.00378. The number of carbonyl (C=O) groups excluding carboxylic acids is 1. The minimum absolute atomic E-state index is 0.157. The molecule has 158 valence electrons. The van der Waals surface area contributed by atoms with Gasteiger partial charge in [0.05, 0.1) is 23.3 Å².